The van der Waals surface area contributed by atoms with Gasteiger partial charge in [0.1, 0.15) is 0 Å². The molecular formula is C18H27N3O2. The first-order chi connectivity index (χ1) is 11.2. The summed E-state index contributed by atoms with van der Waals surface area (Å²) in [5.74, 6) is 0.0278. The molecule has 1 aliphatic heterocycles. The Morgan fingerprint density at radius 1 is 1.09 bits per heavy atom. The predicted molar refractivity (Wildman–Crippen MR) is 92.6 cm³/mol. The molecule has 126 valence electrons. The molecule has 0 radical (unpaired) electrons. The Bertz CT molecular complexity index is 508. The fourth-order valence-electron chi connectivity index (χ4n) is 2.68. The highest BCUT2D eigenvalue weighted by Crippen LogP contribution is 2.15. The van der Waals surface area contributed by atoms with Gasteiger partial charge in [-0.25, -0.2) is 0 Å². The Morgan fingerprint density at radius 2 is 1.78 bits per heavy atom. The summed E-state index contributed by atoms with van der Waals surface area (Å²) >= 11 is 0. The van der Waals surface area contributed by atoms with Crippen LogP contribution in [0.3, 0.4) is 0 Å². The summed E-state index contributed by atoms with van der Waals surface area (Å²) in [7, 11) is 0. The molecule has 0 bridgehead atoms. The molecule has 5 heteroatoms. The predicted octanol–water partition coefficient (Wildman–Crippen LogP) is 2.64. The highest BCUT2D eigenvalue weighted by atomic mass is 16.2. The van der Waals surface area contributed by atoms with E-state index in [0.717, 1.165) is 51.0 Å². The van der Waals surface area contributed by atoms with E-state index in [2.05, 4.69) is 17.6 Å². The molecule has 1 heterocycles. The molecule has 0 aliphatic carbocycles. The van der Waals surface area contributed by atoms with Gasteiger partial charge >= 0.3 is 0 Å². The molecule has 1 aliphatic rings. The number of rotatable bonds is 7. The second kappa shape index (κ2) is 9.30. The minimum Gasteiger partial charge on any atom is -0.339 e. The Hall–Kier alpha value is -1.88. The van der Waals surface area contributed by atoms with E-state index in [0.29, 0.717) is 12.1 Å². The summed E-state index contributed by atoms with van der Waals surface area (Å²) < 4.78 is 0. The number of likely N-dealkylation sites (tertiary alicyclic amines) is 1. The summed E-state index contributed by atoms with van der Waals surface area (Å²) in [5.41, 5.74) is 1.41. The second-order valence-corrected chi connectivity index (χ2v) is 6.01. The lowest BCUT2D eigenvalue weighted by atomic mass is 10.1. The van der Waals surface area contributed by atoms with Crippen LogP contribution in [0.4, 0.5) is 5.69 Å². The first kappa shape index (κ1) is 17.5. The zero-order valence-corrected chi connectivity index (χ0v) is 13.9. The summed E-state index contributed by atoms with van der Waals surface area (Å²) in [6.07, 6.45) is 5.57. The van der Waals surface area contributed by atoms with E-state index in [1.165, 1.54) is 6.42 Å². The van der Waals surface area contributed by atoms with Crippen molar-refractivity contribution in [3.63, 3.8) is 0 Å². The molecule has 0 saturated carbocycles. The highest BCUT2D eigenvalue weighted by molar-refractivity contribution is 5.96. The number of hydrogen-bond donors (Lipinski definition) is 2. The maximum Gasteiger partial charge on any atom is 0.253 e. The number of nitrogens with one attached hydrogen (secondary N) is 2. The number of carbonyl (C=O) groups excluding carboxylic acids is 2. The maximum absolute atomic E-state index is 12.4. The highest BCUT2D eigenvalue weighted by Gasteiger charge is 2.17. The number of anilines is 1. The van der Waals surface area contributed by atoms with Gasteiger partial charge in [-0.05, 0) is 56.5 Å². The molecule has 2 amide bonds. The van der Waals surface area contributed by atoms with Crippen LogP contribution in [0.1, 0.15) is 49.4 Å². The number of benzene rings is 1. The van der Waals surface area contributed by atoms with Crippen LogP contribution in [0, 0.1) is 0 Å². The lowest BCUT2D eigenvalue weighted by Gasteiger charge is -2.26. The standard InChI is InChI=1S/C18H27N3O2/c1-2-3-11-19-14-17(22)20-16-9-7-15(8-10-16)18(23)21-12-5-4-6-13-21/h7-10,19H,2-6,11-14H2,1H3,(H,20,22). The molecule has 1 aromatic carbocycles. The summed E-state index contributed by atoms with van der Waals surface area (Å²) in [6, 6.07) is 7.16. The molecule has 23 heavy (non-hydrogen) atoms. The number of carbonyl (C=O) groups is 2. The van der Waals surface area contributed by atoms with Crippen molar-refractivity contribution in [2.75, 3.05) is 31.5 Å². The van der Waals surface area contributed by atoms with Crippen molar-refractivity contribution in [1.29, 1.82) is 0 Å². The van der Waals surface area contributed by atoms with Gasteiger partial charge in [-0.15, -0.1) is 0 Å². The van der Waals surface area contributed by atoms with Crippen LogP contribution in [0.15, 0.2) is 24.3 Å². The number of unbranched alkanes of at least 4 members (excludes halogenated alkanes) is 1. The first-order valence-corrected chi connectivity index (χ1v) is 8.60. The van der Waals surface area contributed by atoms with Gasteiger partial charge in [0.25, 0.3) is 5.91 Å². The van der Waals surface area contributed by atoms with E-state index < -0.39 is 0 Å². The van der Waals surface area contributed by atoms with Gasteiger partial charge in [-0.1, -0.05) is 13.3 Å². The van der Waals surface area contributed by atoms with E-state index >= 15 is 0 Å². The maximum atomic E-state index is 12.4. The van der Waals surface area contributed by atoms with Crippen molar-refractivity contribution in [2.45, 2.75) is 39.0 Å². The topological polar surface area (TPSA) is 61.4 Å². The lowest BCUT2D eigenvalue weighted by Crippen LogP contribution is -2.35. The fraction of sp³-hybridized carbons (Fsp3) is 0.556. The van der Waals surface area contributed by atoms with Crippen LogP contribution in [-0.4, -0.2) is 42.9 Å². The van der Waals surface area contributed by atoms with E-state index in [1.54, 1.807) is 24.3 Å². The average molecular weight is 317 g/mol. The Kier molecular flexibility index (Phi) is 7.07. The molecule has 0 aromatic heterocycles. The average Bonchev–Trinajstić information content (AvgIpc) is 2.59. The van der Waals surface area contributed by atoms with Crippen LogP contribution in [-0.2, 0) is 4.79 Å². The zero-order valence-electron chi connectivity index (χ0n) is 13.9. The van der Waals surface area contributed by atoms with Gasteiger partial charge in [0.2, 0.25) is 5.91 Å². The normalized spacial score (nSPS) is 14.6. The van der Waals surface area contributed by atoms with Crippen LogP contribution >= 0.6 is 0 Å². The molecule has 0 spiro atoms. The smallest absolute Gasteiger partial charge is 0.253 e. The molecule has 0 unspecified atom stereocenters. The Balaban J connectivity index is 1.81. The molecular weight excluding hydrogens is 290 g/mol. The number of hydrogen-bond acceptors (Lipinski definition) is 3. The zero-order chi connectivity index (χ0) is 16.5. The van der Waals surface area contributed by atoms with Gasteiger partial charge in [0, 0.05) is 24.3 Å². The monoisotopic (exact) mass is 317 g/mol. The second-order valence-electron chi connectivity index (χ2n) is 6.01. The van der Waals surface area contributed by atoms with E-state index in [1.807, 2.05) is 4.90 Å². The minimum absolute atomic E-state index is 0.0591. The minimum atomic E-state index is -0.0591. The third kappa shape index (κ3) is 5.67. The van der Waals surface area contributed by atoms with Crippen molar-refractivity contribution in [1.82, 2.24) is 10.2 Å². The quantitative estimate of drug-likeness (QED) is 0.760. The van der Waals surface area contributed by atoms with Crippen molar-refractivity contribution in [3.05, 3.63) is 29.8 Å². The van der Waals surface area contributed by atoms with Crippen molar-refractivity contribution < 1.29 is 9.59 Å². The summed E-state index contributed by atoms with van der Waals surface area (Å²) in [4.78, 5) is 26.1. The van der Waals surface area contributed by atoms with E-state index in [-0.39, 0.29) is 11.8 Å². The third-order valence-electron chi connectivity index (χ3n) is 4.05. The van der Waals surface area contributed by atoms with Gasteiger partial charge in [0.15, 0.2) is 0 Å². The van der Waals surface area contributed by atoms with Gasteiger partial charge in [-0.2, -0.15) is 0 Å². The van der Waals surface area contributed by atoms with Crippen LogP contribution in [0.5, 0.6) is 0 Å². The van der Waals surface area contributed by atoms with E-state index in [4.69, 9.17) is 0 Å². The molecule has 5 nitrogen and oxygen atoms in total. The SMILES string of the molecule is CCCCNCC(=O)Nc1ccc(C(=O)N2CCCCC2)cc1. The van der Waals surface area contributed by atoms with Crippen LogP contribution in [0.25, 0.3) is 0 Å². The van der Waals surface area contributed by atoms with Gasteiger partial charge in [-0.3, -0.25) is 9.59 Å². The Morgan fingerprint density at radius 3 is 2.43 bits per heavy atom. The van der Waals surface area contributed by atoms with Gasteiger partial charge in [0.05, 0.1) is 6.54 Å². The van der Waals surface area contributed by atoms with Gasteiger partial charge < -0.3 is 15.5 Å². The lowest BCUT2D eigenvalue weighted by molar-refractivity contribution is -0.115. The molecule has 1 saturated heterocycles. The fourth-order valence-corrected chi connectivity index (χ4v) is 2.68. The van der Waals surface area contributed by atoms with Crippen molar-refractivity contribution in [3.8, 4) is 0 Å². The number of amides is 2. The summed E-state index contributed by atoms with van der Waals surface area (Å²) in [5, 5.41) is 5.94. The molecule has 1 fully saturated rings. The number of piperidine rings is 1. The van der Waals surface area contributed by atoms with Crippen molar-refractivity contribution in [2.24, 2.45) is 0 Å². The molecule has 0 atom stereocenters. The third-order valence-corrected chi connectivity index (χ3v) is 4.05. The van der Waals surface area contributed by atoms with Crippen LogP contribution < -0.4 is 10.6 Å². The first-order valence-electron chi connectivity index (χ1n) is 8.60. The van der Waals surface area contributed by atoms with Crippen LogP contribution in [0.2, 0.25) is 0 Å². The Labute approximate surface area is 138 Å². The molecule has 1 aromatic rings. The number of nitrogens with zero attached hydrogens (tertiary/aromatic N) is 1. The van der Waals surface area contributed by atoms with Crippen molar-refractivity contribution >= 4 is 17.5 Å². The summed E-state index contributed by atoms with van der Waals surface area (Å²) in [6.45, 7) is 4.98. The largest absolute Gasteiger partial charge is 0.339 e. The van der Waals surface area contributed by atoms with E-state index in [9.17, 15) is 9.59 Å². The molecule has 2 rings (SSSR count). The molecule has 2 N–H and O–H groups in total.